The molecule has 9 nitrogen and oxygen atoms in total. The maximum Gasteiger partial charge on any atom is 0.349 e. The van der Waals surface area contributed by atoms with Crippen LogP contribution in [0.2, 0.25) is 0 Å². The number of nitrogens with zero attached hydrogens (tertiary/aromatic N) is 5. The van der Waals surface area contributed by atoms with Gasteiger partial charge >= 0.3 is 5.63 Å². The lowest BCUT2D eigenvalue weighted by Crippen LogP contribution is -2.50. The minimum Gasteiger partial charge on any atom is -0.427 e. The number of carbonyl (C=O) groups excluding carboxylic acids is 1. The fourth-order valence-corrected chi connectivity index (χ4v) is 4.11. The molecule has 2 aliphatic heterocycles. The number of aromatic nitrogens is 3. The fourth-order valence-electron chi connectivity index (χ4n) is 4.11. The van der Waals surface area contributed by atoms with E-state index in [2.05, 4.69) is 20.3 Å². The Labute approximate surface area is 169 Å². The number of aryl methyl sites for hydroxylation is 1. The Kier molecular flexibility index (Phi) is 6.05. The summed E-state index contributed by atoms with van der Waals surface area (Å²) in [6, 6.07) is 1.88. The Morgan fingerprint density at radius 3 is 2.76 bits per heavy atom. The standard InChI is InChI=1S/C20H28N6O3/c1-15-11-17(16-3-2-4-21-12-16)29-20(28)18(15)19(27)25-8-5-24(6-9-25)7-10-26-14-22-13-23-26/h11,13-14,16,21H,2-10,12H2,1H3. The zero-order chi connectivity index (χ0) is 20.2. The summed E-state index contributed by atoms with van der Waals surface area (Å²) in [6.45, 7) is 8.02. The summed E-state index contributed by atoms with van der Waals surface area (Å²) >= 11 is 0. The Hall–Kier alpha value is -2.52. The smallest absolute Gasteiger partial charge is 0.349 e. The van der Waals surface area contributed by atoms with Crippen LogP contribution in [0.4, 0.5) is 0 Å². The Morgan fingerprint density at radius 1 is 1.28 bits per heavy atom. The van der Waals surface area contributed by atoms with Crippen molar-refractivity contribution in [3.8, 4) is 0 Å². The van der Waals surface area contributed by atoms with E-state index in [0.717, 1.165) is 52.1 Å². The molecule has 2 aromatic heterocycles. The number of piperazine rings is 1. The lowest BCUT2D eigenvalue weighted by Gasteiger charge is -2.34. The van der Waals surface area contributed by atoms with Crippen LogP contribution in [0.1, 0.15) is 40.4 Å². The lowest BCUT2D eigenvalue weighted by atomic mass is 9.95. The van der Waals surface area contributed by atoms with Gasteiger partial charge in [-0.1, -0.05) is 0 Å². The molecule has 0 saturated carbocycles. The summed E-state index contributed by atoms with van der Waals surface area (Å²) in [5.74, 6) is 0.669. The molecule has 29 heavy (non-hydrogen) atoms. The van der Waals surface area contributed by atoms with Crippen molar-refractivity contribution < 1.29 is 9.21 Å². The van der Waals surface area contributed by atoms with Gasteiger partial charge in [0.05, 0.1) is 6.54 Å². The fraction of sp³-hybridized carbons (Fsp3) is 0.600. The van der Waals surface area contributed by atoms with Crippen molar-refractivity contribution in [2.45, 2.75) is 32.2 Å². The number of rotatable bonds is 5. The van der Waals surface area contributed by atoms with Gasteiger partial charge in [-0.3, -0.25) is 14.4 Å². The zero-order valence-electron chi connectivity index (χ0n) is 16.8. The number of piperidine rings is 1. The van der Waals surface area contributed by atoms with E-state index < -0.39 is 5.63 Å². The Balaban J connectivity index is 1.37. The Bertz CT molecular complexity index is 880. The van der Waals surface area contributed by atoms with Crippen LogP contribution in [0.3, 0.4) is 0 Å². The van der Waals surface area contributed by atoms with Crippen LogP contribution in [0.5, 0.6) is 0 Å². The summed E-state index contributed by atoms with van der Waals surface area (Å²) in [5, 5.41) is 7.44. The van der Waals surface area contributed by atoms with E-state index in [4.69, 9.17) is 4.42 Å². The molecule has 4 rings (SSSR count). The third kappa shape index (κ3) is 4.56. The molecule has 0 aromatic carbocycles. The predicted molar refractivity (Wildman–Crippen MR) is 107 cm³/mol. The van der Waals surface area contributed by atoms with Crippen LogP contribution in [-0.4, -0.2) is 76.3 Å². The van der Waals surface area contributed by atoms with Crippen LogP contribution < -0.4 is 10.9 Å². The van der Waals surface area contributed by atoms with Gasteiger partial charge in [0.2, 0.25) is 0 Å². The van der Waals surface area contributed by atoms with Gasteiger partial charge in [-0.15, -0.1) is 0 Å². The molecule has 9 heteroatoms. The second kappa shape index (κ2) is 8.87. The minimum atomic E-state index is -0.510. The highest BCUT2D eigenvalue weighted by atomic mass is 16.4. The summed E-state index contributed by atoms with van der Waals surface area (Å²) < 4.78 is 7.37. The summed E-state index contributed by atoms with van der Waals surface area (Å²) in [5.41, 5.74) is 0.373. The van der Waals surface area contributed by atoms with Crippen molar-refractivity contribution >= 4 is 5.91 Å². The SMILES string of the molecule is Cc1cc(C2CCCNC2)oc(=O)c1C(=O)N1CCN(CCn2cncn2)CC1. The van der Waals surface area contributed by atoms with Crippen molar-refractivity contribution in [3.63, 3.8) is 0 Å². The first kappa shape index (κ1) is 19.8. The van der Waals surface area contributed by atoms with Crippen LogP contribution in [0.25, 0.3) is 0 Å². The molecule has 0 aliphatic carbocycles. The number of carbonyl (C=O) groups is 1. The van der Waals surface area contributed by atoms with Crippen LogP contribution >= 0.6 is 0 Å². The molecule has 1 atom stereocenters. The first-order valence-electron chi connectivity index (χ1n) is 10.3. The highest BCUT2D eigenvalue weighted by Crippen LogP contribution is 2.24. The van der Waals surface area contributed by atoms with Crippen molar-refractivity contribution in [2.24, 2.45) is 0 Å². The monoisotopic (exact) mass is 400 g/mol. The molecule has 4 heterocycles. The van der Waals surface area contributed by atoms with Gasteiger partial charge in [0.1, 0.15) is 24.0 Å². The molecule has 2 aromatic rings. The predicted octanol–water partition coefficient (Wildman–Crippen LogP) is 0.465. The summed E-state index contributed by atoms with van der Waals surface area (Å²) in [4.78, 5) is 33.6. The van der Waals surface area contributed by atoms with Gasteiger partial charge in [-0.25, -0.2) is 9.78 Å². The maximum absolute atomic E-state index is 13.0. The molecule has 1 amide bonds. The molecular formula is C20H28N6O3. The number of nitrogens with one attached hydrogen (secondary N) is 1. The van der Waals surface area contributed by atoms with Crippen molar-refractivity contribution in [3.05, 3.63) is 46.0 Å². The van der Waals surface area contributed by atoms with Crippen molar-refractivity contribution in [2.75, 3.05) is 45.8 Å². The molecule has 0 bridgehead atoms. The van der Waals surface area contributed by atoms with Crippen LogP contribution in [0.15, 0.2) is 27.9 Å². The highest BCUT2D eigenvalue weighted by molar-refractivity contribution is 5.95. The Morgan fingerprint density at radius 2 is 2.10 bits per heavy atom. The van der Waals surface area contributed by atoms with E-state index in [1.165, 1.54) is 6.33 Å². The van der Waals surface area contributed by atoms with Gasteiger partial charge in [-0.05, 0) is 37.9 Å². The molecule has 2 fully saturated rings. The van der Waals surface area contributed by atoms with Gasteiger partial charge in [0.25, 0.3) is 5.91 Å². The second-order valence-electron chi connectivity index (χ2n) is 7.83. The normalized spacial score (nSPS) is 20.7. The lowest BCUT2D eigenvalue weighted by molar-refractivity contribution is 0.0626. The van der Waals surface area contributed by atoms with Gasteiger partial charge < -0.3 is 14.6 Å². The first-order chi connectivity index (χ1) is 14.1. The van der Waals surface area contributed by atoms with Gasteiger partial charge in [0.15, 0.2) is 0 Å². The first-order valence-corrected chi connectivity index (χ1v) is 10.3. The summed E-state index contributed by atoms with van der Waals surface area (Å²) in [6.07, 6.45) is 5.30. The molecule has 2 saturated heterocycles. The molecule has 1 N–H and O–H groups in total. The van der Waals surface area contributed by atoms with E-state index in [1.807, 2.05) is 13.0 Å². The number of hydrogen-bond donors (Lipinski definition) is 1. The van der Waals surface area contributed by atoms with Crippen molar-refractivity contribution in [1.29, 1.82) is 0 Å². The van der Waals surface area contributed by atoms with Crippen LogP contribution in [0, 0.1) is 6.92 Å². The number of hydrogen-bond acceptors (Lipinski definition) is 7. The molecular weight excluding hydrogens is 372 g/mol. The average molecular weight is 400 g/mol. The van der Waals surface area contributed by atoms with E-state index >= 15 is 0 Å². The minimum absolute atomic E-state index is 0.175. The topological polar surface area (TPSA) is 96.5 Å². The summed E-state index contributed by atoms with van der Waals surface area (Å²) in [7, 11) is 0. The molecule has 0 spiro atoms. The number of amides is 1. The third-order valence-corrected chi connectivity index (χ3v) is 5.85. The van der Waals surface area contributed by atoms with E-state index in [0.29, 0.717) is 24.4 Å². The van der Waals surface area contributed by atoms with E-state index in [1.54, 1.807) is 15.9 Å². The molecule has 1 unspecified atom stereocenters. The maximum atomic E-state index is 13.0. The quantitative estimate of drug-likeness (QED) is 0.779. The highest BCUT2D eigenvalue weighted by Gasteiger charge is 2.27. The average Bonchev–Trinajstić information content (AvgIpc) is 3.26. The van der Waals surface area contributed by atoms with Crippen molar-refractivity contribution in [1.82, 2.24) is 29.9 Å². The van der Waals surface area contributed by atoms with E-state index in [-0.39, 0.29) is 17.4 Å². The van der Waals surface area contributed by atoms with Crippen LogP contribution in [-0.2, 0) is 6.54 Å². The van der Waals surface area contributed by atoms with E-state index in [9.17, 15) is 9.59 Å². The van der Waals surface area contributed by atoms with Gasteiger partial charge in [-0.2, -0.15) is 5.10 Å². The largest absolute Gasteiger partial charge is 0.427 e. The second-order valence-corrected chi connectivity index (χ2v) is 7.83. The molecule has 0 radical (unpaired) electrons. The van der Waals surface area contributed by atoms with Gasteiger partial charge in [0, 0.05) is 45.2 Å². The molecule has 2 aliphatic rings. The zero-order valence-corrected chi connectivity index (χ0v) is 16.8. The molecule has 156 valence electrons. The third-order valence-electron chi connectivity index (χ3n) is 5.85.